The maximum Gasteiger partial charge on any atom is 0.137 e. The third-order valence-electron chi connectivity index (χ3n) is 9.35. The molecule has 0 spiro atoms. The summed E-state index contributed by atoms with van der Waals surface area (Å²) in [4.78, 5) is 5.27. The minimum absolute atomic E-state index is 0.288. The fraction of sp³-hybridized carbons (Fsp3) is 0.0732. The van der Waals surface area contributed by atoms with Crippen LogP contribution in [-0.4, -0.2) is 48.5 Å². The SMILES string of the molecule is CN/N=C1\C(=N)C(c2ccc3ccccc3c2)=CC=C1N(c1cccc2nn(C)nc12)c1ccc(-c2cccc3ccccc23)c2nn(C)nc12. The molecule has 1 aliphatic carbocycles. The molecular formula is C41H32N10. The molecule has 0 amide bonds. The lowest BCUT2D eigenvalue weighted by Crippen LogP contribution is -2.32. The predicted octanol–water partition coefficient (Wildman–Crippen LogP) is 7.94. The van der Waals surface area contributed by atoms with Crippen LogP contribution in [0.15, 0.2) is 138 Å². The van der Waals surface area contributed by atoms with Gasteiger partial charge in [-0.05, 0) is 75.2 Å². The van der Waals surface area contributed by atoms with Gasteiger partial charge in [0.2, 0.25) is 0 Å². The molecule has 0 aliphatic heterocycles. The third-order valence-corrected chi connectivity index (χ3v) is 9.35. The van der Waals surface area contributed by atoms with Gasteiger partial charge < -0.3 is 10.3 Å². The Morgan fingerprint density at radius 3 is 2.20 bits per heavy atom. The minimum Gasteiger partial charge on any atom is -0.312 e. The van der Waals surface area contributed by atoms with Gasteiger partial charge in [-0.1, -0.05) is 84.9 Å². The van der Waals surface area contributed by atoms with Gasteiger partial charge >= 0.3 is 0 Å². The highest BCUT2D eigenvalue weighted by molar-refractivity contribution is 6.62. The molecule has 8 aromatic rings. The van der Waals surface area contributed by atoms with Crippen molar-refractivity contribution in [1.82, 2.24) is 35.4 Å². The summed E-state index contributed by atoms with van der Waals surface area (Å²) in [5, 5.41) is 38.2. The highest BCUT2D eigenvalue weighted by Gasteiger charge is 2.31. The Bertz CT molecular complexity index is 2790. The Morgan fingerprint density at radius 2 is 1.33 bits per heavy atom. The van der Waals surface area contributed by atoms with Crippen LogP contribution < -0.4 is 10.3 Å². The average Bonchev–Trinajstić information content (AvgIpc) is 3.74. The van der Waals surface area contributed by atoms with E-state index in [1.54, 1.807) is 16.6 Å². The maximum atomic E-state index is 9.59. The number of allylic oxidation sites excluding steroid dienone is 4. The number of nitrogens with one attached hydrogen (secondary N) is 2. The molecule has 51 heavy (non-hydrogen) atoms. The second-order valence-electron chi connectivity index (χ2n) is 12.5. The lowest BCUT2D eigenvalue weighted by Gasteiger charge is -2.31. The summed E-state index contributed by atoms with van der Waals surface area (Å²) >= 11 is 0. The fourth-order valence-electron chi connectivity index (χ4n) is 7.12. The van der Waals surface area contributed by atoms with E-state index in [2.05, 4.69) is 100 Å². The van der Waals surface area contributed by atoms with Crippen molar-refractivity contribution in [2.24, 2.45) is 19.2 Å². The van der Waals surface area contributed by atoms with Crippen LogP contribution in [0.2, 0.25) is 0 Å². The fourth-order valence-corrected chi connectivity index (χ4v) is 7.12. The highest BCUT2D eigenvalue weighted by Crippen LogP contribution is 2.43. The van der Waals surface area contributed by atoms with Gasteiger partial charge in [0.1, 0.15) is 27.8 Å². The molecule has 2 N–H and O–H groups in total. The number of aryl methyl sites for hydroxylation is 2. The zero-order valence-corrected chi connectivity index (χ0v) is 28.2. The largest absolute Gasteiger partial charge is 0.312 e. The number of hydrazone groups is 1. The van der Waals surface area contributed by atoms with Gasteiger partial charge in [0.15, 0.2) is 0 Å². The smallest absolute Gasteiger partial charge is 0.137 e. The molecule has 0 radical (unpaired) electrons. The van der Waals surface area contributed by atoms with Crippen LogP contribution >= 0.6 is 0 Å². The molecule has 0 saturated heterocycles. The van der Waals surface area contributed by atoms with Crippen LogP contribution in [0.25, 0.3) is 60.3 Å². The average molecular weight is 665 g/mol. The van der Waals surface area contributed by atoms with Crippen LogP contribution in [-0.2, 0) is 14.1 Å². The lowest BCUT2D eigenvalue weighted by molar-refractivity contribution is 0.665. The van der Waals surface area contributed by atoms with Crippen molar-refractivity contribution in [3.8, 4) is 11.1 Å². The van der Waals surface area contributed by atoms with Gasteiger partial charge in [0, 0.05) is 32.3 Å². The summed E-state index contributed by atoms with van der Waals surface area (Å²) in [5.74, 6) is 0. The van der Waals surface area contributed by atoms with E-state index in [1.165, 1.54) is 0 Å². The molecule has 10 heteroatoms. The number of anilines is 2. The summed E-state index contributed by atoms with van der Waals surface area (Å²) in [6.45, 7) is 0. The summed E-state index contributed by atoms with van der Waals surface area (Å²) in [6, 6.07) is 39.3. The topological polar surface area (TPSA) is 113 Å². The molecule has 0 saturated carbocycles. The Morgan fingerprint density at radius 1 is 0.627 bits per heavy atom. The van der Waals surface area contributed by atoms with E-state index in [0.29, 0.717) is 22.4 Å². The van der Waals surface area contributed by atoms with E-state index in [0.717, 1.165) is 66.2 Å². The van der Waals surface area contributed by atoms with E-state index >= 15 is 0 Å². The molecule has 0 fully saturated rings. The second kappa shape index (κ2) is 11.9. The number of fused-ring (bicyclic) bond motifs is 4. The van der Waals surface area contributed by atoms with Gasteiger partial charge in [-0.2, -0.15) is 35.1 Å². The number of nitrogens with zero attached hydrogens (tertiary/aromatic N) is 8. The Hall–Kier alpha value is -6.94. The van der Waals surface area contributed by atoms with Crippen molar-refractivity contribution in [3.63, 3.8) is 0 Å². The third kappa shape index (κ3) is 4.95. The number of hydrogen-bond donors (Lipinski definition) is 2. The molecule has 0 unspecified atom stereocenters. The van der Waals surface area contributed by atoms with Crippen molar-refractivity contribution in [2.45, 2.75) is 0 Å². The van der Waals surface area contributed by atoms with Gasteiger partial charge in [-0.15, -0.1) is 0 Å². The van der Waals surface area contributed by atoms with Crippen molar-refractivity contribution in [3.05, 3.63) is 139 Å². The molecule has 0 bridgehead atoms. The lowest BCUT2D eigenvalue weighted by atomic mass is 9.90. The minimum atomic E-state index is 0.288. The summed E-state index contributed by atoms with van der Waals surface area (Å²) < 4.78 is 0. The monoisotopic (exact) mass is 664 g/mol. The number of hydrogen-bond acceptors (Lipinski definition) is 8. The summed E-state index contributed by atoms with van der Waals surface area (Å²) in [7, 11) is 5.40. The first kappa shape index (κ1) is 30.1. The molecule has 6 aromatic carbocycles. The Labute approximate surface area is 293 Å². The summed E-state index contributed by atoms with van der Waals surface area (Å²) in [5.41, 5.74) is 12.6. The molecular weight excluding hydrogens is 633 g/mol. The van der Waals surface area contributed by atoms with Gasteiger partial charge in [-0.3, -0.25) is 5.41 Å². The number of aromatic nitrogens is 6. The first-order valence-corrected chi connectivity index (χ1v) is 16.7. The van der Waals surface area contributed by atoms with Crippen LogP contribution in [0.1, 0.15) is 5.56 Å². The van der Waals surface area contributed by atoms with Crippen LogP contribution in [0.5, 0.6) is 0 Å². The van der Waals surface area contributed by atoms with Gasteiger partial charge in [0.05, 0.1) is 22.8 Å². The van der Waals surface area contributed by atoms with Gasteiger partial charge in [-0.25, -0.2) is 0 Å². The first-order valence-electron chi connectivity index (χ1n) is 16.7. The Kier molecular flexibility index (Phi) is 7.02. The zero-order chi connectivity index (χ0) is 34.6. The highest BCUT2D eigenvalue weighted by atomic mass is 15.5. The number of rotatable bonds is 6. The second-order valence-corrected chi connectivity index (χ2v) is 12.5. The van der Waals surface area contributed by atoms with Crippen molar-refractivity contribution in [1.29, 1.82) is 5.41 Å². The van der Waals surface area contributed by atoms with E-state index in [9.17, 15) is 5.41 Å². The summed E-state index contributed by atoms with van der Waals surface area (Å²) in [6.07, 6.45) is 4.02. The molecule has 2 heterocycles. The van der Waals surface area contributed by atoms with E-state index in [1.807, 2.05) is 56.6 Å². The van der Waals surface area contributed by atoms with Gasteiger partial charge in [0.25, 0.3) is 0 Å². The predicted molar refractivity (Wildman–Crippen MR) is 206 cm³/mol. The molecule has 10 nitrogen and oxygen atoms in total. The van der Waals surface area contributed by atoms with E-state index < -0.39 is 0 Å². The molecule has 246 valence electrons. The molecule has 2 aromatic heterocycles. The molecule has 9 rings (SSSR count). The Balaban J connectivity index is 1.30. The number of benzene rings is 6. The van der Waals surface area contributed by atoms with Crippen LogP contribution in [0, 0.1) is 5.41 Å². The maximum absolute atomic E-state index is 9.59. The zero-order valence-electron chi connectivity index (χ0n) is 28.2. The normalized spacial score (nSPS) is 14.1. The first-order chi connectivity index (χ1) is 25.0. The quantitative estimate of drug-likeness (QED) is 0.138. The van der Waals surface area contributed by atoms with Crippen LogP contribution in [0.3, 0.4) is 0 Å². The standard InChI is InChI=1S/C41H32N10/c1-43-44-40-35(22-20-30(37(40)42)28-19-18-25-10-4-5-12-27(25)24-28)51(34-17-9-16-33-39(34)47-49(2)45-33)36-23-21-32(38-41(36)48-50(3)46-38)31-15-8-13-26-11-6-7-14-29(26)31/h4-24,42-43H,1-3H3/b42-37?,44-40-. The van der Waals surface area contributed by atoms with E-state index in [4.69, 9.17) is 20.4 Å². The molecule has 1 aliphatic rings. The van der Waals surface area contributed by atoms with Crippen molar-refractivity contribution >= 4 is 72.0 Å². The van der Waals surface area contributed by atoms with E-state index in [-0.39, 0.29) is 5.71 Å². The van der Waals surface area contributed by atoms with Crippen LogP contribution in [0.4, 0.5) is 11.4 Å². The van der Waals surface area contributed by atoms with Crippen molar-refractivity contribution in [2.75, 3.05) is 11.9 Å². The molecule has 0 atom stereocenters. The van der Waals surface area contributed by atoms with Crippen molar-refractivity contribution < 1.29 is 0 Å².